The van der Waals surface area contributed by atoms with Crippen molar-refractivity contribution in [2.24, 2.45) is 11.7 Å². The van der Waals surface area contributed by atoms with Gasteiger partial charge in [-0.05, 0) is 7.05 Å². The molecule has 6 heteroatoms. The maximum Gasteiger partial charge on any atom is 0.183 e. The van der Waals surface area contributed by atoms with Crippen molar-refractivity contribution in [1.29, 1.82) is 5.41 Å². The Morgan fingerprint density at radius 1 is 1.47 bits per heavy atom. The Kier molecular flexibility index (Phi) is 5.57. The number of nitrogens with zero attached hydrogens (tertiary/aromatic N) is 2. The average molecular weight is 266 g/mol. The summed E-state index contributed by atoms with van der Waals surface area (Å²) in [5.41, 5.74) is 6.28. The number of methoxy groups -OCH3 is 2. The van der Waals surface area contributed by atoms with Crippen LogP contribution in [0.3, 0.4) is 0 Å². The molecule has 1 rings (SSSR count). The molecule has 106 valence electrons. The first-order chi connectivity index (χ1) is 8.99. The van der Waals surface area contributed by atoms with Gasteiger partial charge in [0.05, 0.1) is 20.1 Å². The fraction of sp³-hybridized carbons (Fsp3) is 0.538. The van der Waals surface area contributed by atoms with Gasteiger partial charge in [-0.2, -0.15) is 0 Å². The third-order valence-corrected chi connectivity index (χ3v) is 2.90. The quantitative estimate of drug-likeness (QED) is 0.570. The van der Waals surface area contributed by atoms with Crippen LogP contribution in [-0.2, 0) is 6.54 Å². The van der Waals surface area contributed by atoms with E-state index in [4.69, 9.17) is 20.6 Å². The van der Waals surface area contributed by atoms with Crippen LogP contribution in [0.4, 0.5) is 0 Å². The molecule has 0 aliphatic carbocycles. The number of hydrogen-bond acceptors (Lipinski definition) is 5. The minimum Gasteiger partial charge on any atom is -0.493 e. The van der Waals surface area contributed by atoms with Crippen LogP contribution >= 0.6 is 0 Å². The first-order valence-corrected chi connectivity index (χ1v) is 6.07. The molecule has 6 nitrogen and oxygen atoms in total. The summed E-state index contributed by atoms with van der Waals surface area (Å²) in [5.74, 6) is 1.52. The molecule has 0 spiro atoms. The highest BCUT2D eigenvalue weighted by molar-refractivity contribution is 5.79. The fourth-order valence-corrected chi connectivity index (χ4v) is 1.85. The van der Waals surface area contributed by atoms with Gasteiger partial charge in [0.1, 0.15) is 5.69 Å². The number of hydrogen-bond donors (Lipinski definition) is 2. The zero-order chi connectivity index (χ0) is 14.4. The SMILES string of the molecule is COc1ccnc(CN(C)CC(C)C(=N)N)c1OC. The molecule has 1 unspecified atom stereocenters. The molecule has 0 amide bonds. The summed E-state index contributed by atoms with van der Waals surface area (Å²) in [6.45, 7) is 3.23. The van der Waals surface area contributed by atoms with Crippen LogP contribution in [0.1, 0.15) is 12.6 Å². The predicted molar refractivity (Wildman–Crippen MR) is 74.8 cm³/mol. The van der Waals surface area contributed by atoms with Crippen molar-refractivity contribution in [2.45, 2.75) is 13.5 Å². The van der Waals surface area contributed by atoms with Crippen LogP contribution in [0, 0.1) is 11.3 Å². The first kappa shape index (κ1) is 15.2. The van der Waals surface area contributed by atoms with Crippen molar-refractivity contribution >= 4 is 5.84 Å². The topological polar surface area (TPSA) is 84.5 Å². The van der Waals surface area contributed by atoms with Gasteiger partial charge in [0.2, 0.25) is 0 Å². The van der Waals surface area contributed by atoms with Gasteiger partial charge in [-0.3, -0.25) is 15.3 Å². The summed E-state index contributed by atoms with van der Waals surface area (Å²) in [6.07, 6.45) is 1.69. The van der Waals surface area contributed by atoms with Crippen LogP contribution in [0.5, 0.6) is 11.5 Å². The fourth-order valence-electron chi connectivity index (χ4n) is 1.85. The van der Waals surface area contributed by atoms with E-state index in [0.717, 1.165) is 5.69 Å². The van der Waals surface area contributed by atoms with E-state index in [-0.39, 0.29) is 11.8 Å². The highest BCUT2D eigenvalue weighted by atomic mass is 16.5. The third-order valence-electron chi connectivity index (χ3n) is 2.90. The molecule has 1 heterocycles. The number of nitrogens with two attached hydrogens (primary N) is 1. The van der Waals surface area contributed by atoms with Crippen LogP contribution in [0.15, 0.2) is 12.3 Å². The van der Waals surface area contributed by atoms with E-state index in [1.54, 1.807) is 26.5 Å². The highest BCUT2D eigenvalue weighted by Crippen LogP contribution is 2.29. The van der Waals surface area contributed by atoms with Gasteiger partial charge in [-0.25, -0.2) is 0 Å². The molecule has 3 N–H and O–H groups in total. The number of amidine groups is 1. The zero-order valence-corrected chi connectivity index (χ0v) is 11.9. The minimum absolute atomic E-state index is 0.0154. The Morgan fingerprint density at radius 2 is 2.16 bits per heavy atom. The Morgan fingerprint density at radius 3 is 2.68 bits per heavy atom. The summed E-state index contributed by atoms with van der Waals surface area (Å²) in [4.78, 5) is 6.37. The minimum atomic E-state index is 0.0154. The lowest BCUT2D eigenvalue weighted by molar-refractivity contribution is 0.289. The second-order valence-electron chi connectivity index (χ2n) is 4.55. The van der Waals surface area contributed by atoms with E-state index in [1.807, 2.05) is 14.0 Å². The van der Waals surface area contributed by atoms with E-state index in [1.165, 1.54) is 0 Å². The van der Waals surface area contributed by atoms with Gasteiger partial charge in [-0.15, -0.1) is 0 Å². The summed E-state index contributed by atoms with van der Waals surface area (Å²) in [6, 6.07) is 1.76. The Balaban J connectivity index is 2.79. The predicted octanol–water partition coefficient (Wildman–Crippen LogP) is 1.10. The van der Waals surface area contributed by atoms with Crippen molar-refractivity contribution in [2.75, 3.05) is 27.8 Å². The largest absolute Gasteiger partial charge is 0.493 e. The van der Waals surface area contributed by atoms with Crippen LogP contribution in [0.25, 0.3) is 0 Å². The number of aromatic nitrogens is 1. The lowest BCUT2D eigenvalue weighted by Crippen LogP contribution is -2.32. The standard InChI is InChI=1S/C13H22N4O2/c1-9(13(14)15)7-17(2)8-10-12(19-4)11(18-3)5-6-16-10/h5-6,9H,7-8H2,1-4H3,(H3,14,15). The molecule has 0 bridgehead atoms. The maximum absolute atomic E-state index is 7.41. The number of pyridine rings is 1. The Labute approximate surface area is 114 Å². The third kappa shape index (κ3) is 4.10. The Bertz CT molecular complexity index is 437. The maximum atomic E-state index is 7.41. The molecular formula is C13H22N4O2. The van der Waals surface area contributed by atoms with E-state index >= 15 is 0 Å². The second-order valence-corrected chi connectivity index (χ2v) is 4.55. The zero-order valence-electron chi connectivity index (χ0n) is 11.9. The van der Waals surface area contributed by atoms with Gasteiger partial charge in [0, 0.05) is 31.3 Å². The average Bonchev–Trinajstić information content (AvgIpc) is 2.37. The number of ether oxygens (including phenoxy) is 2. The molecule has 19 heavy (non-hydrogen) atoms. The normalized spacial score (nSPS) is 12.3. The molecule has 0 aromatic carbocycles. The van der Waals surface area contributed by atoms with E-state index < -0.39 is 0 Å². The summed E-state index contributed by atoms with van der Waals surface area (Å²) in [7, 11) is 5.16. The van der Waals surface area contributed by atoms with E-state index in [2.05, 4.69) is 9.88 Å². The lowest BCUT2D eigenvalue weighted by Gasteiger charge is -2.21. The highest BCUT2D eigenvalue weighted by Gasteiger charge is 2.15. The van der Waals surface area contributed by atoms with Crippen molar-refractivity contribution in [1.82, 2.24) is 9.88 Å². The molecule has 0 radical (unpaired) electrons. The van der Waals surface area contributed by atoms with Crippen molar-refractivity contribution in [3.63, 3.8) is 0 Å². The number of nitrogens with one attached hydrogen (secondary N) is 1. The summed E-state index contributed by atoms with van der Waals surface area (Å²) < 4.78 is 10.6. The second kappa shape index (κ2) is 6.94. The monoisotopic (exact) mass is 266 g/mol. The van der Waals surface area contributed by atoms with Gasteiger partial charge in [0.15, 0.2) is 11.5 Å². The molecule has 0 saturated heterocycles. The molecule has 0 fully saturated rings. The van der Waals surface area contributed by atoms with Gasteiger partial charge in [-0.1, -0.05) is 6.92 Å². The molecule has 0 saturated carbocycles. The molecule has 0 aliphatic rings. The van der Waals surface area contributed by atoms with Gasteiger partial charge < -0.3 is 15.2 Å². The smallest absolute Gasteiger partial charge is 0.183 e. The van der Waals surface area contributed by atoms with Gasteiger partial charge >= 0.3 is 0 Å². The van der Waals surface area contributed by atoms with Crippen molar-refractivity contribution < 1.29 is 9.47 Å². The molecule has 1 atom stereocenters. The van der Waals surface area contributed by atoms with Crippen LogP contribution in [0.2, 0.25) is 0 Å². The van der Waals surface area contributed by atoms with E-state index in [0.29, 0.717) is 24.6 Å². The van der Waals surface area contributed by atoms with Crippen LogP contribution in [-0.4, -0.2) is 43.5 Å². The molecule has 0 aliphatic heterocycles. The first-order valence-electron chi connectivity index (χ1n) is 6.07. The van der Waals surface area contributed by atoms with Gasteiger partial charge in [0.25, 0.3) is 0 Å². The molecule has 1 aromatic rings. The molecule has 1 aromatic heterocycles. The number of rotatable bonds is 7. The van der Waals surface area contributed by atoms with Crippen LogP contribution < -0.4 is 15.2 Å². The van der Waals surface area contributed by atoms with Crippen molar-refractivity contribution in [3.8, 4) is 11.5 Å². The summed E-state index contributed by atoms with van der Waals surface area (Å²) in [5, 5.41) is 7.41. The van der Waals surface area contributed by atoms with E-state index in [9.17, 15) is 0 Å². The lowest BCUT2D eigenvalue weighted by atomic mass is 10.1. The molecular weight excluding hydrogens is 244 g/mol. The van der Waals surface area contributed by atoms with Crippen molar-refractivity contribution in [3.05, 3.63) is 18.0 Å². The Hall–Kier alpha value is -1.82. The summed E-state index contributed by atoms with van der Waals surface area (Å²) >= 11 is 0.